The van der Waals surface area contributed by atoms with Gasteiger partial charge in [-0.2, -0.15) is 11.8 Å². The lowest BCUT2D eigenvalue weighted by atomic mass is 9.94. The Morgan fingerprint density at radius 2 is 1.74 bits per heavy atom. The van der Waals surface area contributed by atoms with Gasteiger partial charge in [0.05, 0.1) is 12.0 Å². The molecule has 1 saturated carbocycles. The van der Waals surface area contributed by atoms with Gasteiger partial charge in [0, 0.05) is 23.6 Å². The molecule has 1 aliphatic carbocycles. The van der Waals surface area contributed by atoms with Gasteiger partial charge in [0.1, 0.15) is 5.60 Å². The predicted molar refractivity (Wildman–Crippen MR) is 88.7 cm³/mol. The molecule has 132 valence electrons. The number of hydrogen-bond donors (Lipinski definition) is 2. The van der Waals surface area contributed by atoms with Gasteiger partial charge in [0.15, 0.2) is 0 Å². The lowest BCUT2D eigenvalue weighted by molar-refractivity contribution is -0.137. The Bertz CT molecular complexity index is 462. The van der Waals surface area contributed by atoms with E-state index >= 15 is 0 Å². The number of likely N-dealkylation sites (tertiary alicyclic amines) is 1. The van der Waals surface area contributed by atoms with Crippen LogP contribution in [-0.2, 0) is 9.53 Å². The number of carbonyl (C=O) groups is 2. The molecule has 0 bridgehead atoms. The average molecular weight is 345 g/mol. The van der Waals surface area contributed by atoms with Crippen LogP contribution in [0.5, 0.6) is 0 Å². The molecule has 2 N–H and O–H groups in total. The van der Waals surface area contributed by atoms with Crippen molar-refractivity contribution >= 4 is 23.8 Å². The fourth-order valence-corrected chi connectivity index (χ4v) is 4.13. The van der Waals surface area contributed by atoms with E-state index in [9.17, 15) is 14.7 Å². The summed E-state index contributed by atoms with van der Waals surface area (Å²) in [5.74, 6) is -0.246. The summed E-state index contributed by atoms with van der Waals surface area (Å²) in [6, 6.07) is 0. The molecule has 0 atom stereocenters. The van der Waals surface area contributed by atoms with Gasteiger partial charge in [-0.25, -0.2) is 4.79 Å². The molecule has 7 heteroatoms. The van der Waals surface area contributed by atoms with Crippen LogP contribution in [0.2, 0.25) is 0 Å². The van der Waals surface area contributed by atoms with E-state index in [1.807, 2.05) is 20.8 Å². The van der Waals surface area contributed by atoms with Crippen LogP contribution in [-0.4, -0.2) is 62.0 Å². The zero-order valence-electron chi connectivity index (χ0n) is 14.1. The predicted octanol–water partition coefficient (Wildman–Crippen LogP) is 2.49. The number of thioether (sulfide) groups is 1. The summed E-state index contributed by atoms with van der Waals surface area (Å²) >= 11 is 1.58. The summed E-state index contributed by atoms with van der Waals surface area (Å²) in [6.07, 6.45) is 2.65. The Kier molecular flexibility index (Phi) is 5.21. The van der Waals surface area contributed by atoms with Crippen molar-refractivity contribution in [2.45, 2.75) is 68.8 Å². The molecule has 0 aromatic rings. The number of carboxylic acids is 1. The van der Waals surface area contributed by atoms with Gasteiger partial charge in [-0.15, -0.1) is 0 Å². The second-order valence-electron chi connectivity index (χ2n) is 7.73. The van der Waals surface area contributed by atoms with E-state index in [1.54, 1.807) is 16.7 Å². The third kappa shape index (κ3) is 5.57. The van der Waals surface area contributed by atoms with E-state index < -0.39 is 17.2 Å². The van der Waals surface area contributed by atoms with E-state index in [4.69, 9.17) is 9.84 Å². The third-order valence-electron chi connectivity index (χ3n) is 4.27. The minimum Gasteiger partial charge on any atom is -0.481 e. The fourth-order valence-electron chi connectivity index (χ4n) is 2.65. The first kappa shape index (κ1) is 18.4. The maximum atomic E-state index is 12.0. The minimum absolute atomic E-state index is 0.164. The molecule has 0 aromatic heterocycles. The van der Waals surface area contributed by atoms with E-state index in [0.717, 1.165) is 12.8 Å². The molecule has 0 spiro atoms. The first-order valence-electron chi connectivity index (χ1n) is 8.09. The molecule has 0 aromatic carbocycles. The summed E-state index contributed by atoms with van der Waals surface area (Å²) in [5.41, 5.74) is -1.34. The second-order valence-corrected chi connectivity index (χ2v) is 9.18. The quantitative estimate of drug-likeness (QED) is 0.796. The molecule has 6 nitrogen and oxygen atoms in total. The topological polar surface area (TPSA) is 87.1 Å². The number of piperidine rings is 1. The first-order valence-corrected chi connectivity index (χ1v) is 9.07. The van der Waals surface area contributed by atoms with Crippen LogP contribution in [0.25, 0.3) is 0 Å². The molecular formula is C16H27NO5S. The molecule has 1 amide bonds. The van der Waals surface area contributed by atoms with Crippen LogP contribution in [0, 0.1) is 0 Å². The van der Waals surface area contributed by atoms with Gasteiger partial charge < -0.3 is 19.8 Å². The smallest absolute Gasteiger partial charge is 0.410 e. The maximum absolute atomic E-state index is 12.0. The van der Waals surface area contributed by atoms with Crippen molar-refractivity contribution in [2.75, 3.05) is 18.8 Å². The average Bonchev–Trinajstić information content (AvgIpc) is 3.15. The van der Waals surface area contributed by atoms with Crippen LogP contribution in [0.1, 0.15) is 52.9 Å². The molecule has 1 heterocycles. The lowest BCUT2D eigenvalue weighted by Crippen LogP contribution is -2.49. The summed E-state index contributed by atoms with van der Waals surface area (Å²) in [6.45, 7) is 6.44. The Morgan fingerprint density at radius 3 is 2.17 bits per heavy atom. The van der Waals surface area contributed by atoms with E-state index in [2.05, 4.69) is 0 Å². The standard InChI is InChI=1S/C16H27NO5S/c1-14(2,3)22-13(20)17-8-6-15(21,7-9-17)11-23-16(4-5-16)10-12(18)19/h21H,4-11H2,1-3H3,(H,18,19). The third-order valence-corrected chi connectivity index (χ3v) is 6.12. The number of amides is 1. The van der Waals surface area contributed by atoms with E-state index in [-0.39, 0.29) is 17.3 Å². The second kappa shape index (κ2) is 6.51. The Hall–Kier alpha value is -0.950. The highest BCUT2D eigenvalue weighted by Gasteiger charge is 2.47. The van der Waals surface area contributed by atoms with Crippen molar-refractivity contribution in [2.24, 2.45) is 0 Å². The molecule has 2 rings (SSSR count). The zero-order valence-corrected chi connectivity index (χ0v) is 14.9. The van der Waals surface area contributed by atoms with Gasteiger partial charge in [-0.05, 0) is 46.5 Å². The number of ether oxygens (including phenoxy) is 1. The zero-order chi connectivity index (χ0) is 17.3. The normalized spacial score (nSPS) is 22.5. The maximum Gasteiger partial charge on any atom is 0.410 e. The van der Waals surface area contributed by atoms with Crippen LogP contribution in [0.4, 0.5) is 4.79 Å². The number of aliphatic carboxylic acids is 1. The van der Waals surface area contributed by atoms with Gasteiger partial charge in [0.25, 0.3) is 0 Å². The monoisotopic (exact) mass is 345 g/mol. The summed E-state index contributed by atoms with van der Waals surface area (Å²) in [4.78, 5) is 24.5. The highest BCUT2D eigenvalue weighted by atomic mass is 32.2. The molecular weight excluding hydrogens is 318 g/mol. The number of carbonyl (C=O) groups excluding carboxylic acids is 1. The number of nitrogens with zero attached hydrogens (tertiary/aromatic N) is 1. The highest BCUT2D eigenvalue weighted by molar-refractivity contribution is 8.01. The Balaban J connectivity index is 1.78. The largest absolute Gasteiger partial charge is 0.481 e. The van der Waals surface area contributed by atoms with Gasteiger partial charge in [-0.1, -0.05) is 0 Å². The molecule has 0 unspecified atom stereocenters. The molecule has 1 saturated heterocycles. The van der Waals surface area contributed by atoms with Crippen LogP contribution in [0.3, 0.4) is 0 Å². The van der Waals surface area contributed by atoms with Crippen LogP contribution < -0.4 is 0 Å². The van der Waals surface area contributed by atoms with Gasteiger partial charge >= 0.3 is 12.1 Å². The lowest BCUT2D eigenvalue weighted by Gasteiger charge is -2.39. The Morgan fingerprint density at radius 1 is 1.17 bits per heavy atom. The molecule has 2 fully saturated rings. The minimum atomic E-state index is -0.822. The summed E-state index contributed by atoms with van der Waals surface area (Å²) < 4.78 is 5.17. The van der Waals surface area contributed by atoms with Gasteiger partial charge in [-0.3, -0.25) is 4.79 Å². The number of hydrogen-bond acceptors (Lipinski definition) is 5. The van der Waals surface area contributed by atoms with Crippen molar-refractivity contribution in [3.8, 4) is 0 Å². The summed E-state index contributed by atoms with van der Waals surface area (Å²) in [5, 5.41) is 19.6. The number of aliphatic hydroxyl groups is 1. The van der Waals surface area contributed by atoms with Gasteiger partial charge in [0.2, 0.25) is 0 Å². The molecule has 0 radical (unpaired) electrons. The van der Waals surface area contributed by atoms with E-state index in [0.29, 0.717) is 31.7 Å². The highest BCUT2D eigenvalue weighted by Crippen LogP contribution is 2.52. The molecule has 1 aliphatic heterocycles. The van der Waals surface area contributed by atoms with Crippen molar-refractivity contribution in [3.63, 3.8) is 0 Å². The van der Waals surface area contributed by atoms with Crippen molar-refractivity contribution < 1.29 is 24.5 Å². The Labute approximate surface area is 141 Å². The SMILES string of the molecule is CC(C)(C)OC(=O)N1CCC(O)(CSC2(CC(=O)O)CC2)CC1. The fraction of sp³-hybridized carbons (Fsp3) is 0.875. The van der Waals surface area contributed by atoms with Crippen LogP contribution in [0.15, 0.2) is 0 Å². The molecule has 2 aliphatic rings. The van der Waals surface area contributed by atoms with E-state index in [1.165, 1.54) is 0 Å². The van der Waals surface area contributed by atoms with Crippen molar-refractivity contribution in [1.29, 1.82) is 0 Å². The first-order chi connectivity index (χ1) is 10.5. The van der Waals surface area contributed by atoms with Crippen molar-refractivity contribution in [3.05, 3.63) is 0 Å². The summed E-state index contributed by atoms with van der Waals surface area (Å²) in [7, 11) is 0. The van der Waals surface area contributed by atoms with Crippen LogP contribution >= 0.6 is 11.8 Å². The molecule has 23 heavy (non-hydrogen) atoms. The van der Waals surface area contributed by atoms with Crippen molar-refractivity contribution in [1.82, 2.24) is 4.90 Å². The number of rotatable bonds is 5. The number of carboxylic acid groups (broad SMARTS) is 1.